The Morgan fingerprint density at radius 1 is 0.735 bits per heavy atom. The summed E-state index contributed by atoms with van der Waals surface area (Å²) in [4.78, 5) is 23.5. The lowest BCUT2D eigenvalue weighted by atomic mass is 9.76. The molecule has 0 fully saturated rings. The van der Waals surface area contributed by atoms with Crippen LogP contribution >= 0.6 is 0 Å². The summed E-state index contributed by atoms with van der Waals surface area (Å²) in [5, 5.41) is 0. The Labute approximate surface area is 206 Å². The van der Waals surface area contributed by atoms with Gasteiger partial charge in [0.1, 0.15) is 11.5 Å². The minimum Gasteiger partial charge on any atom is -0.426 e. The summed E-state index contributed by atoms with van der Waals surface area (Å²) < 4.78 is 11.2. The molecule has 0 aliphatic rings. The summed E-state index contributed by atoms with van der Waals surface area (Å²) in [5.74, 6) is 0.816. The highest BCUT2D eigenvalue weighted by Crippen LogP contribution is 2.43. The van der Waals surface area contributed by atoms with Gasteiger partial charge in [-0.15, -0.1) is 0 Å². The Morgan fingerprint density at radius 2 is 1.09 bits per heavy atom. The molecule has 0 N–H and O–H groups in total. The van der Waals surface area contributed by atoms with Crippen molar-refractivity contribution in [3.8, 4) is 11.5 Å². The van der Waals surface area contributed by atoms with E-state index in [1.54, 1.807) is 0 Å². The Balaban J connectivity index is 2.80. The fourth-order valence-electron chi connectivity index (χ4n) is 4.57. The van der Waals surface area contributed by atoms with Gasteiger partial charge < -0.3 is 9.47 Å². The van der Waals surface area contributed by atoms with Crippen molar-refractivity contribution in [1.82, 2.24) is 0 Å². The summed E-state index contributed by atoms with van der Waals surface area (Å²) in [6, 6.07) is 8.47. The molecule has 0 aliphatic carbocycles. The van der Waals surface area contributed by atoms with E-state index in [2.05, 4.69) is 74.4 Å². The van der Waals surface area contributed by atoms with E-state index >= 15 is 0 Å². The number of hydrogen-bond donors (Lipinski definition) is 0. The first kappa shape index (κ1) is 27.6. The van der Waals surface area contributed by atoms with Gasteiger partial charge in [-0.05, 0) is 65.5 Å². The average molecular weight is 467 g/mol. The standard InChI is InChI=1S/C30H42O4/c1-12-13-22(23-16-25(29(6,7)8)27(14-18(23)2)33-20(4)31)24-17-26(30(9,10)11)28(15-19(24)3)34-21(5)32/h14-17,22H,12-13H2,1-11H3. The molecule has 0 amide bonds. The molecule has 0 aromatic heterocycles. The predicted molar refractivity (Wildman–Crippen MR) is 139 cm³/mol. The van der Waals surface area contributed by atoms with Crippen LogP contribution in [-0.4, -0.2) is 11.9 Å². The van der Waals surface area contributed by atoms with Gasteiger partial charge in [-0.1, -0.05) is 67.0 Å². The molecule has 0 radical (unpaired) electrons. The number of hydrogen-bond acceptors (Lipinski definition) is 4. The maximum Gasteiger partial charge on any atom is 0.308 e. The van der Waals surface area contributed by atoms with Gasteiger partial charge in [0.2, 0.25) is 0 Å². The van der Waals surface area contributed by atoms with Gasteiger partial charge in [0.15, 0.2) is 0 Å². The third-order valence-corrected chi connectivity index (χ3v) is 6.19. The van der Waals surface area contributed by atoms with Gasteiger partial charge in [-0.3, -0.25) is 9.59 Å². The first-order valence-electron chi connectivity index (χ1n) is 12.2. The topological polar surface area (TPSA) is 52.6 Å². The van der Waals surface area contributed by atoms with Crippen LogP contribution in [0.25, 0.3) is 0 Å². The molecule has 0 aliphatic heterocycles. The number of carbonyl (C=O) groups is 2. The number of ether oxygens (including phenoxy) is 2. The van der Waals surface area contributed by atoms with Gasteiger partial charge in [0.25, 0.3) is 0 Å². The normalized spacial score (nSPS) is 12.1. The van der Waals surface area contributed by atoms with Crippen molar-refractivity contribution in [2.24, 2.45) is 0 Å². The second-order valence-corrected chi connectivity index (χ2v) is 11.4. The average Bonchev–Trinajstić information content (AvgIpc) is 2.64. The molecule has 0 unspecified atom stereocenters. The van der Waals surface area contributed by atoms with Crippen LogP contribution < -0.4 is 9.47 Å². The minimum absolute atomic E-state index is 0.171. The highest BCUT2D eigenvalue weighted by Gasteiger charge is 2.28. The van der Waals surface area contributed by atoms with E-state index in [1.807, 2.05) is 12.1 Å². The van der Waals surface area contributed by atoms with E-state index < -0.39 is 0 Å². The van der Waals surface area contributed by atoms with Gasteiger partial charge >= 0.3 is 11.9 Å². The maximum absolute atomic E-state index is 11.8. The lowest BCUT2D eigenvalue weighted by molar-refractivity contribution is -0.132. The van der Waals surface area contributed by atoms with Crippen LogP contribution in [0, 0.1) is 13.8 Å². The van der Waals surface area contributed by atoms with Crippen LogP contribution in [0.3, 0.4) is 0 Å². The molecule has 0 atom stereocenters. The molecule has 2 aromatic carbocycles. The van der Waals surface area contributed by atoms with Crippen LogP contribution in [0.2, 0.25) is 0 Å². The SMILES string of the molecule is CCCC(c1cc(C(C)(C)C)c(OC(C)=O)cc1C)c1cc(C(C)(C)C)c(OC(C)=O)cc1C. The van der Waals surface area contributed by atoms with Crippen molar-refractivity contribution >= 4 is 11.9 Å². The zero-order valence-corrected chi connectivity index (χ0v) is 22.9. The fourth-order valence-corrected chi connectivity index (χ4v) is 4.57. The van der Waals surface area contributed by atoms with Crippen molar-refractivity contribution in [3.05, 3.63) is 57.6 Å². The predicted octanol–water partition coefficient (Wildman–Crippen LogP) is 7.68. The van der Waals surface area contributed by atoms with Crippen LogP contribution in [0.15, 0.2) is 24.3 Å². The van der Waals surface area contributed by atoms with Crippen molar-refractivity contribution in [2.45, 2.75) is 106 Å². The van der Waals surface area contributed by atoms with Gasteiger partial charge in [-0.25, -0.2) is 0 Å². The van der Waals surface area contributed by atoms with E-state index in [0.717, 1.165) is 35.1 Å². The smallest absolute Gasteiger partial charge is 0.308 e. The molecule has 4 heteroatoms. The highest BCUT2D eigenvalue weighted by atomic mass is 16.5. The number of rotatable bonds is 6. The van der Waals surface area contributed by atoms with E-state index in [4.69, 9.17) is 9.47 Å². The molecule has 0 spiro atoms. The molecule has 0 saturated heterocycles. The number of aryl methyl sites for hydroxylation is 2. The quantitative estimate of drug-likeness (QED) is 0.323. The second kappa shape index (κ2) is 10.3. The zero-order chi connectivity index (χ0) is 26.0. The Hall–Kier alpha value is -2.62. The molecule has 0 heterocycles. The lowest BCUT2D eigenvalue weighted by Gasteiger charge is -2.30. The monoisotopic (exact) mass is 466 g/mol. The van der Waals surface area contributed by atoms with Crippen LogP contribution in [-0.2, 0) is 20.4 Å². The third kappa shape index (κ3) is 6.49. The van der Waals surface area contributed by atoms with E-state index in [-0.39, 0.29) is 28.7 Å². The largest absolute Gasteiger partial charge is 0.426 e. The first-order valence-corrected chi connectivity index (χ1v) is 12.2. The Bertz CT molecular complexity index is 981. The molecule has 0 bridgehead atoms. The van der Waals surface area contributed by atoms with Crippen molar-refractivity contribution in [2.75, 3.05) is 0 Å². The summed E-state index contributed by atoms with van der Waals surface area (Å²) >= 11 is 0. The van der Waals surface area contributed by atoms with Gasteiger partial charge in [0, 0.05) is 30.9 Å². The first-order chi connectivity index (χ1) is 15.6. The highest BCUT2D eigenvalue weighted by molar-refractivity contribution is 5.71. The van der Waals surface area contributed by atoms with E-state index in [9.17, 15) is 9.59 Å². The molecule has 186 valence electrons. The van der Waals surface area contributed by atoms with Gasteiger partial charge in [-0.2, -0.15) is 0 Å². The molecule has 4 nitrogen and oxygen atoms in total. The maximum atomic E-state index is 11.8. The molecular formula is C30H42O4. The molecule has 2 aromatic rings. The Kier molecular flexibility index (Phi) is 8.39. The number of esters is 2. The molecule has 34 heavy (non-hydrogen) atoms. The van der Waals surface area contributed by atoms with Crippen molar-refractivity contribution < 1.29 is 19.1 Å². The van der Waals surface area contributed by atoms with E-state index in [0.29, 0.717) is 11.5 Å². The lowest BCUT2D eigenvalue weighted by Crippen LogP contribution is -2.18. The number of carbonyl (C=O) groups excluding carboxylic acids is 2. The Morgan fingerprint density at radius 3 is 1.35 bits per heavy atom. The summed E-state index contributed by atoms with van der Waals surface area (Å²) in [6.45, 7) is 22.1. The zero-order valence-electron chi connectivity index (χ0n) is 22.9. The van der Waals surface area contributed by atoms with E-state index in [1.165, 1.54) is 25.0 Å². The molecular weight excluding hydrogens is 424 g/mol. The molecule has 2 rings (SSSR count). The van der Waals surface area contributed by atoms with Crippen molar-refractivity contribution in [3.63, 3.8) is 0 Å². The fraction of sp³-hybridized carbons (Fsp3) is 0.533. The van der Waals surface area contributed by atoms with Crippen LogP contribution in [0.1, 0.15) is 114 Å². The second-order valence-electron chi connectivity index (χ2n) is 11.4. The summed E-state index contributed by atoms with van der Waals surface area (Å²) in [7, 11) is 0. The third-order valence-electron chi connectivity index (χ3n) is 6.19. The minimum atomic E-state index is -0.311. The van der Waals surface area contributed by atoms with Crippen LogP contribution in [0.4, 0.5) is 0 Å². The summed E-state index contributed by atoms with van der Waals surface area (Å²) in [6.07, 6.45) is 2.01. The van der Waals surface area contributed by atoms with Crippen molar-refractivity contribution in [1.29, 1.82) is 0 Å². The van der Waals surface area contributed by atoms with Crippen LogP contribution in [0.5, 0.6) is 11.5 Å². The summed E-state index contributed by atoms with van der Waals surface area (Å²) in [5.41, 5.74) is 6.36. The number of benzene rings is 2. The van der Waals surface area contributed by atoms with Gasteiger partial charge in [0.05, 0.1) is 0 Å². The molecule has 0 saturated carbocycles.